The number of hydrogen-bond acceptors (Lipinski definition) is 4. The fourth-order valence-corrected chi connectivity index (χ4v) is 0.436. The van der Waals surface area contributed by atoms with E-state index in [1.807, 2.05) is 0 Å². The molecule has 4 nitrogen and oxygen atoms in total. The SMILES string of the molecule is CONCC(=O)OC(C)C. The fourth-order valence-electron chi connectivity index (χ4n) is 0.436. The van der Waals surface area contributed by atoms with Crippen LogP contribution in [0.2, 0.25) is 0 Å². The number of hydrogen-bond donors (Lipinski definition) is 1. The number of rotatable bonds is 4. The highest BCUT2D eigenvalue weighted by Crippen LogP contribution is 1.86. The maximum atomic E-state index is 10.6. The van der Waals surface area contributed by atoms with Crippen LogP contribution in [0, 0.1) is 0 Å². The summed E-state index contributed by atoms with van der Waals surface area (Å²) in [5.41, 5.74) is 2.38. The van der Waals surface area contributed by atoms with Crippen LogP contribution in [0.1, 0.15) is 13.8 Å². The van der Waals surface area contributed by atoms with Crippen LogP contribution in [0.4, 0.5) is 0 Å². The van der Waals surface area contributed by atoms with Gasteiger partial charge in [-0.25, -0.2) is 0 Å². The summed E-state index contributed by atoms with van der Waals surface area (Å²) in [6.07, 6.45) is -0.0637. The Hall–Kier alpha value is -0.610. The number of hydroxylamine groups is 1. The van der Waals surface area contributed by atoms with Gasteiger partial charge in [0.05, 0.1) is 13.2 Å². The molecule has 0 aromatic rings. The minimum Gasteiger partial charge on any atom is -0.462 e. The normalized spacial score (nSPS) is 10.0. The predicted octanol–water partition coefficient (Wildman–Crippen LogP) is 0.0890. The van der Waals surface area contributed by atoms with E-state index in [-0.39, 0.29) is 18.6 Å². The smallest absolute Gasteiger partial charge is 0.322 e. The highest BCUT2D eigenvalue weighted by atomic mass is 16.6. The molecule has 0 saturated carbocycles. The molecule has 0 fully saturated rings. The van der Waals surface area contributed by atoms with Gasteiger partial charge in [0.25, 0.3) is 0 Å². The van der Waals surface area contributed by atoms with Gasteiger partial charge in [-0.05, 0) is 13.8 Å². The monoisotopic (exact) mass is 147 g/mol. The van der Waals surface area contributed by atoms with Crippen LogP contribution in [0.25, 0.3) is 0 Å². The maximum Gasteiger partial charge on any atom is 0.322 e. The molecule has 0 aromatic carbocycles. The lowest BCUT2D eigenvalue weighted by Gasteiger charge is -2.06. The Morgan fingerprint density at radius 2 is 2.20 bits per heavy atom. The molecular weight excluding hydrogens is 134 g/mol. The minimum absolute atomic E-state index is 0.0637. The van der Waals surface area contributed by atoms with E-state index in [2.05, 4.69) is 10.3 Å². The summed E-state index contributed by atoms with van der Waals surface area (Å²) in [6, 6.07) is 0. The maximum absolute atomic E-state index is 10.6. The molecule has 0 aliphatic heterocycles. The number of carbonyl (C=O) groups is 1. The topological polar surface area (TPSA) is 47.6 Å². The number of esters is 1. The van der Waals surface area contributed by atoms with Crippen LogP contribution in [0.15, 0.2) is 0 Å². The summed E-state index contributed by atoms with van der Waals surface area (Å²) >= 11 is 0. The standard InChI is InChI=1S/C6H13NO3/c1-5(2)10-6(8)4-7-9-3/h5,7H,4H2,1-3H3. The van der Waals surface area contributed by atoms with Crippen molar-refractivity contribution in [2.24, 2.45) is 0 Å². The zero-order valence-electron chi connectivity index (χ0n) is 6.51. The molecule has 0 aromatic heterocycles. The molecule has 4 heteroatoms. The predicted molar refractivity (Wildman–Crippen MR) is 36.2 cm³/mol. The first-order chi connectivity index (χ1) is 4.66. The molecule has 0 rings (SSSR count). The molecular formula is C6H13NO3. The van der Waals surface area contributed by atoms with E-state index >= 15 is 0 Å². The van der Waals surface area contributed by atoms with Crippen LogP contribution >= 0.6 is 0 Å². The molecule has 0 unspecified atom stereocenters. The second-order valence-corrected chi connectivity index (χ2v) is 2.06. The average Bonchev–Trinajstić information content (AvgIpc) is 1.82. The van der Waals surface area contributed by atoms with E-state index in [1.54, 1.807) is 13.8 Å². The third-order valence-corrected chi connectivity index (χ3v) is 0.728. The van der Waals surface area contributed by atoms with Crippen molar-refractivity contribution in [2.75, 3.05) is 13.7 Å². The Labute approximate surface area is 60.5 Å². The van der Waals surface area contributed by atoms with Crippen molar-refractivity contribution < 1.29 is 14.4 Å². The van der Waals surface area contributed by atoms with Gasteiger partial charge in [0.1, 0.15) is 6.54 Å². The average molecular weight is 147 g/mol. The molecule has 0 atom stereocenters. The summed E-state index contributed by atoms with van der Waals surface area (Å²) in [6.45, 7) is 3.68. The molecule has 0 aliphatic rings. The zero-order chi connectivity index (χ0) is 7.98. The van der Waals surface area contributed by atoms with Crippen molar-refractivity contribution in [3.05, 3.63) is 0 Å². The molecule has 60 valence electrons. The largest absolute Gasteiger partial charge is 0.462 e. The summed E-state index contributed by atoms with van der Waals surface area (Å²) in [5, 5.41) is 0. The van der Waals surface area contributed by atoms with Crippen molar-refractivity contribution in [1.82, 2.24) is 5.48 Å². The van der Waals surface area contributed by atoms with Crippen molar-refractivity contribution in [3.63, 3.8) is 0 Å². The molecule has 1 N–H and O–H groups in total. The molecule has 0 amide bonds. The molecule has 0 spiro atoms. The second kappa shape index (κ2) is 5.20. The minimum atomic E-state index is -0.308. The van der Waals surface area contributed by atoms with Crippen LogP contribution < -0.4 is 5.48 Å². The third-order valence-electron chi connectivity index (χ3n) is 0.728. The van der Waals surface area contributed by atoms with Gasteiger partial charge in [0, 0.05) is 0 Å². The van der Waals surface area contributed by atoms with Gasteiger partial charge in [0.15, 0.2) is 0 Å². The number of carbonyl (C=O) groups excluding carboxylic acids is 1. The number of ether oxygens (including phenoxy) is 1. The third kappa shape index (κ3) is 5.53. The second-order valence-electron chi connectivity index (χ2n) is 2.06. The number of nitrogens with one attached hydrogen (secondary N) is 1. The Balaban J connectivity index is 3.26. The zero-order valence-corrected chi connectivity index (χ0v) is 6.51. The molecule has 0 radical (unpaired) electrons. The quantitative estimate of drug-likeness (QED) is 0.452. The van der Waals surface area contributed by atoms with Crippen molar-refractivity contribution in [3.8, 4) is 0 Å². The lowest BCUT2D eigenvalue weighted by Crippen LogP contribution is -2.25. The van der Waals surface area contributed by atoms with Gasteiger partial charge in [0.2, 0.25) is 0 Å². The van der Waals surface area contributed by atoms with E-state index in [1.165, 1.54) is 7.11 Å². The van der Waals surface area contributed by atoms with Gasteiger partial charge in [-0.1, -0.05) is 0 Å². The van der Waals surface area contributed by atoms with Crippen LogP contribution in [0.3, 0.4) is 0 Å². The first kappa shape index (κ1) is 9.39. The molecule has 0 bridgehead atoms. The van der Waals surface area contributed by atoms with E-state index in [9.17, 15) is 4.79 Å². The Morgan fingerprint density at radius 1 is 1.60 bits per heavy atom. The highest BCUT2D eigenvalue weighted by molar-refractivity contribution is 5.71. The van der Waals surface area contributed by atoms with E-state index in [4.69, 9.17) is 4.74 Å². The summed E-state index contributed by atoms with van der Waals surface area (Å²) in [7, 11) is 1.45. The van der Waals surface area contributed by atoms with E-state index < -0.39 is 0 Å². The van der Waals surface area contributed by atoms with Crippen molar-refractivity contribution >= 4 is 5.97 Å². The van der Waals surface area contributed by atoms with Crippen LogP contribution in [0.5, 0.6) is 0 Å². The molecule has 0 saturated heterocycles. The Bertz CT molecular complexity index is 103. The van der Waals surface area contributed by atoms with Gasteiger partial charge in [-0.2, -0.15) is 5.48 Å². The molecule has 0 heterocycles. The fraction of sp³-hybridized carbons (Fsp3) is 0.833. The van der Waals surface area contributed by atoms with Crippen molar-refractivity contribution in [1.29, 1.82) is 0 Å². The molecule has 0 aliphatic carbocycles. The Morgan fingerprint density at radius 3 is 2.60 bits per heavy atom. The summed E-state index contributed by atoms with van der Waals surface area (Å²) in [5.74, 6) is -0.308. The van der Waals surface area contributed by atoms with E-state index in [0.29, 0.717) is 0 Å². The summed E-state index contributed by atoms with van der Waals surface area (Å²) in [4.78, 5) is 15.1. The summed E-state index contributed by atoms with van der Waals surface area (Å²) < 4.78 is 4.77. The van der Waals surface area contributed by atoms with Gasteiger partial charge >= 0.3 is 5.97 Å². The van der Waals surface area contributed by atoms with Gasteiger partial charge in [-0.15, -0.1) is 0 Å². The van der Waals surface area contributed by atoms with Gasteiger partial charge < -0.3 is 9.57 Å². The van der Waals surface area contributed by atoms with Gasteiger partial charge in [-0.3, -0.25) is 4.79 Å². The highest BCUT2D eigenvalue weighted by Gasteiger charge is 2.02. The Kier molecular flexibility index (Phi) is 4.88. The lowest BCUT2D eigenvalue weighted by atomic mass is 10.5. The lowest BCUT2D eigenvalue weighted by molar-refractivity contribution is -0.148. The first-order valence-electron chi connectivity index (χ1n) is 3.12. The van der Waals surface area contributed by atoms with E-state index in [0.717, 1.165) is 0 Å². The van der Waals surface area contributed by atoms with Crippen LogP contribution in [-0.4, -0.2) is 25.7 Å². The first-order valence-corrected chi connectivity index (χ1v) is 3.12. The van der Waals surface area contributed by atoms with Crippen LogP contribution in [-0.2, 0) is 14.4 Å². The van der Waals surface area contributed by atoms with Crippen molar-refractivity contribution in [2.45, 2.75) is 20.0 Å². The molecule has 10 heavy (non-hydrogen) atoms.